The Balaban J connectivity index is 1.65. The topological polar surface area (TPSA) is 43.0 Å². The molecule has 1 unspecified atom stereocenters. The second-order valence-corrected chi connectivity index (χ2v) is 9.26. The van der Waals surface area contributed by atoms with Crippen LogP contribution in [0.5, 0.6) is 17.2 Å². The van der Waals surface area contributed by atoms with Gasteiger partial charge in [-0.1, -0.05) is 17.7 Å². The summed E-state index contributed by atoms with van der Waals surface area (Å²) in [5, 5.41) is 4.67. The third kappa shape index (κ3) is 5.40. The molecule has 1 aliphatic rings. The first-order valence-electron chi connectivity index (χ1n) is 11.2. The number of benzene rings is 3. The summed E-state index contributed by atoms with van der Waals surface area (Å²) < 4.78 is 17.5. The van der Waals surface area contributed by atoms with E-state index in [9.17, 15) is 0 Å². The second kappa shape index (κ2) is 10.5. The first-order valence-corrected chi connectivity index (χ1v) is 12.0. The molecule has 5 nitrogen and oxygen atoms in total. The third-order valence-electron chi connectivity index (χ3n) is 5.96. The number of nitrogens with zero attached hydrogens (tertiary/aromatic N) is 1. The van der Waals surface area contributed by atoms with E-state index in [2.05, 4.69) is 48.3 Å². The molecule has 0 radical (unpaired) electrons. The van der Waals surface area contributed by atoms with Crippen LogP contribution >= 0.6 is 23.8 Å². The number of halogens is 1. The number of nitrogens with one attached hydrogen (secondary N) is 1. The van der Waals surface area contributed by atoms with E-state index in [1.807, 2.05) is 30.3 Å². The van der Waals surface area contributed by atoms with E-state index in [1.54, 1.807) is 14.2 Å². The Morgan fingerprint density at radius 3 is 2.29 bits per heavy atom. The summed E-state index contributed by atoms with van der Waals surface area (Å²) in [6, 6.07) is 17.8. The van der Waals surface area contributed by atoms with Crippen molar-refractivity contribution in [3.05, 3.63) is 81.9 Å². The molecular weight excluding hydrogens is 468 g/mol. The lowest BCUT2D eigenvalue weighted by atomic mass is 9.92. The summed E-state index contributed by atoms with van der Waals surface area (Å²) in [6.45, 7) is 5.34. The summed E-state index contributed by atoms with van der Waals surface area (Å²) in [7, 11) is 3.31. The van der Waals surface area contributed by atoms with E-state index < -0.39 is 0 Å². The van der Waals surface area contributed by atoms with Crippen LogP contribution in [0.15, 0.2) is 54.6 Å². The molecule has 1 atom stereocenters. The summed E-state index contributed by atoms with van der Waals surface area (Å²) in [6.07, 6.45) is 0.832. The highest BCUT2D eigenvalue weighted by molar-refractivity contribution is 7.80. The molecule has 0 saturated carbocycles. The van der Waals surface area contributed by atoms with Gasteiger partial charge in [0, 0.05) is 17.3 Å². The van der Waals surface area contributed by atoms with Gasteiger partial charge >= 0.3 is 0 Å². The molecule has 0 bridgehead atoms. The molecule has 3 aromatic carbocycles. The molecule has 1 aliphatic heterocycles. The molecule has 3 aromatic rings. The van der Waals surface area contributed by atoms with Crippen LogP contribution in [-0.2, 0) is 6.42 Å². The lowest BCUT2D eigenvalue weighted by Gasteiger charge is -2.39. The lowest BCUT2D eigenvalue weighted by molar-refractivity contribution is 0.190. The van der Waals surface area contributed by atoms with Crippen LogP contribution in [-0.4, -0.2) is 37.4 Å². The molecule has 4 rings (SSSR count). The zero-order valence-electron chi connectivity index (χ0n) is 19.9. The minimum Gasteiger partial charge on any atom is -0.493 e. The SMILES string of the molecule is COc1cc2c(cc1OC)C(COc1cc(C)cc(C)c1)N(C(=S)Nc1ccc(Cl)cc1)CC2. The van der Waals surface area contributed by atoms with Gasteiger partial charge in [-0.05, 0) is 103 Å². The summed E-state index contributed by atoms with van der Waals surface area (Å²) in [4.78, 5) is 2.18. The molecule has 0 aliphatic carbocycles. The molecule has 1 heterocycles. The van der Waals surface area contributed by atoms with E-state index >= 15 is 0 Å². The predicted octanol–water partition coefficient (Wildman–Crippen LogP) is 6.35. The van der Waals surface area contributed by atoms with Crippen LogP contribution < -0.4 is 19.5 Å². The minimum atomic E-state index is -0.100. The average molecular weight is 497 g/mol. The highest BCUT2D eigenvalue weighted by Gasteiger charge is 2.31. The van der Waals surface area contributed by atoms with Gasteiger partial charge in [0.1, 0.15) is 12.4 Å². The molecule has 0 fully saturated rings. The number of aryl methyl sites for hydroxylation is 2. The van der Waals surface area contributed by atoms with Crippen molar-refractivity contribution < 1.29 is 14.2 Å². The second-order valence-electron chi connectivity index (χ2n) is 8.44. The molecular formula is C27H29ClN2O3S. The molecule has 0 saturated heterocycles. The van der Waals surface area contributed by atoms with Crippen molar-refractivity contribution >= 4 is 34.6 Å². The van der Waals surface area contributed by atoms with Gasteiger partial charge in [-0.3, -0.25) is 0 Å². The van der Waals surface area contributed by atoms with E-state index in [1.165, 1.54) is 16.7 Å². The number of hydrogen-bond acceptors (Lipinski definition) is 4. The van der Waals surface area contributed by atoms with Gasteiger partial charge in [0.25, 0.3) is 0 Å². The third-order valence-corrected chi connectivity index (χ3v) is 6.55. The maximum Gasteiger partial charge on any atom is 0.174 e. The minimum absolute atomic E-state index is 0.100. The van der Waals surface area contributed by atoms with Crippen LogP contribution in [0.1, 0.15) is 28.3 Å². The standard InChI is InChI=1S/C27H29ClN2O3S/c1-17-11-18(2)13-22(12-17)33-16-24-23-15-26(32-4)25(31-3)14-19(23)9-10-30(24)27(34)29-21-7-5-20(28)6-8-21/h5-8,11-15,24H,9-10,16H2,1-4H3,(H,29,34). The highest BCUT2D eigenvalue weighted by atomic mass is 35.5. The van der Waals surface area contributed by atoms with Crippen molar-refractivity contribution in [2.75, 3.05) is 32.7 Å². The summed E-state index contributed by atoms with van der Waals surface area (Å²) in [5.41, 5.74) is 5.55. The number of thiocarbonyl (C=S) groups is 1. The zero-order valence-corrected chi connectivity index (χ0v) is 21.4. The Kier molecular flexibility index (Phi) is 7.49. The van der Waals surface area contributed by atoms with Crippen molar-refractivity contribution in [2.45, 2.75) is 26.3 Å². The predicted molar refractivity (Wildman–Crippen MR) is 142 cm³/mol. The molecule has 34 heavy (non-hydrogen) atoms. The number of anilines is 1. The van der Waals surface area contributed by atoms with Gasteiger partial charge in [-0.25, -0.2) is 0 Å². The molecule has 178 valence electrons. The molecule has 0 aromatic heterocycles. The maximum absolute atomic E-state index is 6.32. The zero-order chi connectivity index (χ0) is 24.2. The van der Waals surface area contributed by atoms with Crippen LogP contribution in [0, 0.1) is 13.8 Å². The largest absolute Gasteiger partial charge is 0.493 e. The van der Waals surface area contributed by atoms with Gasteiger partial charge in [0.15, 0.2) is 16.6 Å². The lowest BCUT2D eigenvalue weighted by Crippen LogP contribution is -2.44. The Hall–Kier alpha value is -2.96. The van der Waals surface area contributed by atoms with E-state index in [0.29, 0.717) is 22.5 Å². The van der Waals surface area contributed by atoms with E-state index in [-0.39, 0.29) is 6.04 Å². The average Bonchev–Trinajstić information content (AvgIpc) is 2.82. The van der Waals surface area contributed by atoms with Crippen LogP contribution in [0.25, 0.3) is 0 Å². The quantitative estimate of drug-likeness (QED) is 0.401. The van der Waals surface area contributed by atoms with E-state index in [4.69, 9.17) is 38.0 Å². The van der Waals surface area contributed by atoms with Crippen molar-refractivity contribution in [1.82, 2.24) is 4.90 Å². The van der Waals surface area contributed by atoms with Crippen molar-refractivity contribution in [3.8, 4) is 17.2 Å². The number of fused-ring (bicyclic) bond motifs is 1. The Bertz CT molecular complexity index is 1160. The molecule has 1 N–H and O–H groups in total. The van der Waals surface area contributed by atoms with Crippen LogP contribution in [0.2, 0.25) is 5.02 Å². The summed E-state index contributed by atoms with van der Waals surface area (Å²) in [5.74, 6) is 2.27. The van der Waals surface area contributed by atoms with Crippen LogP contribution in [0.4, 0.5) is 5.69 Å². The van der Waals surface area contributed by atoms with Gasteiger partial charge in [-0.2, -0.15) is 0 Å². The highest BCUT2D eigenvalue weighted by Crippen LogP contribution is 2.39. The van der Waals surface area contributed by atoms with Crippen molar-refractivity contribution in [3.63, 3.8) is 0 Å². The van der Waals surface area contributed by atoms with Gasteiger partial charge in [0.05, 0.1) is 20.3 Å². The van der Waals surface area contributed by atoms with Crippen molar-refractivity contribution in [1.29, 1.82) is 0 Å². The summed E-state index contributed by atoms with van der Waals surface area (Å²) >= 11 is 11.9. The number of hydrogen-bond donors (Lipinski definition) is 1. The first kappa shape index (κ1) is 24.2. The van der Waals surface area contributed by atoms with Crippen molar-refractivity contribution in [2.24, 2.45) is 0 Å². The number of ether oxygens (including phenoxy) is 3. The van der Waals surface area contributed by atoms with Crippen LogP contribution in [0.3, 0.4) is 0 Å². The maximum atomic E-state index is 6.32. The van der Waals surface area contributed by atoms with Gasteiger partial charge < -0.3 is 24.4 Å². The monoisotopic (exact) mass is 496 g/mol. The van der Waals surface area contributed by atoms with Gasteiger partial charge in [-0.15, -0.1) is 0 Å². The Morgan fingerprint density at radius 2 is 1.65 bits per heavy atom. The fourth-order valence-electron chi connectivity index (χ4n) is 4.37. The van der Waals surface area contributed by atoms with Gasteiger partial charge in [0.2, 0.25) is 0 Å². The Morgan fingerprint density at radius 1 is 1.00 bits per heavy atom. The smallest absolute Gasteiger partial charge is 0.174 e. The fourth-order valence-corrected chi connectivity index (χ4v) is 4.83. The number of rotatable bonds is 6. The Labute approximate surface area is 211 Å². The fraction of sp³-hybridized carbons (Fsp3) is 0.296. The first-order chi connectivity index (χ1) is 16.4. The normalized spacial score (nSPS) is 14.9. The molecule has 7 heteroatoms. The van der Waals surface area contributed by atoms with E-state index in [0.717, 1.165) is 35.7 Å². The molecule has 0 spiro atoms. The number of methoxy groups -OCH3 is 2. The molecule has 0 amide bonds.